The van der Waals surface area contributed by atoms with Crippen molar-refractivity contribution in [2.75, 3.05) is 5.32 Å². The average Bonchev–Trinajstić information content (AvgIpc) is 2.13. The molecule has 1 rings (SSSR count). The van der Waals surface area contributed by atoms with E-state index in [-0.39, 0.29) is 5.69 Å². The van der Waals surface area contributed by atoms with Crippen molar-refractivity contribution in [2.45, 2.75) is 26.4 Å². The summed E-state index contributed by atoms with van der Waals surface area (Å²) in [4.78, 5) is 11.4. The molecule has 3 nitrogen and oxygen atoms in total. The van der Waals surface area contributed by atoms with Crippen molar-refractivity contribution in [1.29, 1.82) is 0 Å². The number of hydrogen-bond acceptors (Lipinski definition) is 2. The molecule has 0 saturated heterocycles. The highest BCUT2D eigenvalue weighted by Gasteiger charge is 2.17. The largest absolute Gasteiger partial charge is 0.444 e. The first-order chi connectivity index (χ1) is 8.23. The van der Waals surface area contributed by atoms with Gasteiger partial charge in [-0.05, 0) is 32.9 Å². The smallest absolute Gasteiger partial charge is 0.412 e. The third-order valence-corrected chi connectivity index (χ3v) is 1.83. The minimum absolute atomic E-state index is 0.0572. The van der Waals surface area contributed by atoms with Gasteiger partial charge in [0, 0.05) is 5.69 Å². The SMILES string of the molecule is C#Cc1c(F)cc(NC(=O)OC(C)(C)C)cc1F. The van der Waals surface area contributed by atoms with Gasteiger partial charge in [0.2, 0.25) is 0 Å². The fourth-order valence-corrected chi connectivity index (χ4v) is 1.20. The standard InChI is InChI=1S/C13H13F2NO2/c1-5-9-10(14)6-8(7-11(9)15)16-12(17)18-13(2,3)4/h1,6-7H,2-4H3,(H,16,17). The summed E-state index contributed by atoms with van der Waals surface area (Å²) in [7, 11) is 0. The van der Waals surface area contributed by atoms with Crippen molar-refractivity contribution in [3.8, 4) is 12.3 Å². The van der Waals surface area contributed by atoms with Gasteiger partial charge in [0.05, 0.1) is 5.56 Å². The second kappa shape index (κ2) is 5.05. The Balaban J connectivity index is 2.88. The molecule has 0 atom stereocenters. The van der Waals surface area contributed by atoms with Crippen LogP contribution in [0.5, 0.6) is 0 Å². The van der Waals surface area contributed by atoms with Gasteiger partial charge in [-0.2, -0.15) is 0 Å². The molecule has 18 heavy (non-hydrogen) atoms. The molecular formula is C13H13F2NO2. The second-order valence-electron chi connectivity index (χ2n) is 4.59. The summed E-state index contributed by atoms with van der Waals surface area (Å²) in [5.41, 5.74) is -1.22. The molecule has 1 aromatic rings. The molecule has 96 valence electrons. The molecule has 0 bridgehead atoms. The monoisotopic (exact) mass is 253 g/mol. The van der Waals surface area contributed by atoms with Gasteiger partial charge in [-0.25, -0.2) is 13.6 Å². The van der Waals surface area contributed by atoms with Crippen LogP contribution in [0, 0.1) is 24.0 Å². The zero-order valence-electron chi connectivity index (χ0n) is 10.3. The summed E-state index contributed by atoms with van der Waals surface area (Å²) in [6, 6.07) is 1.87. The molecule has 0 aromatic heterocycles. The number of amides is 1. The van der Waals surface area contributed by atoms with Crippen LogP contribution in [0.4, 0.5) is 19.3 Å². The molecule has 1 N–H and O–H groups in total. The minimum Gasteiger partial charge on any atom is -0.444 e. The molecular weight excluding hydrogens is 240 g/mol. The molecule has 1 aromatic carbocycles. The Morgan fingerprint density at radius 3 is 2.22 bits per heavy atom. The zero-order chi connectivity index (χ0) is 13.9. The summed E-state index contributed by atoms with van der Waals surface area (Å²) in [5, 5.41) is 2.22. The van der Waals surface area contributed by atoms with Crippen molar-refractivity contribution in [3.05, 3.63) is 29.3 Å². The normalized spacial score (nSPS) is 10.7. The van der Waals surface area contributed by atoms with Gasteiger partial charge in [0.25, 0.3) is 0 Å². The molecule has 0 radical (unpaired) electrons. The highest BCUT2D eigenvalue weighted by molar-refractivity contribution is 5.85. The van der Waals surface area contributed by atoms with Crippen LogP contribution in [0.1, 0.15) is 26.3 Å². The van der Waals surface area contributed by atoms with Crippen LogP contribution in [0.2, 0.25) is 0 Å². The Labute approximate surface area is 104 Å². The van der Waals surface area contributed by atoms with Crippen molar-refractivity contribution >= 4 is 11.8 Å². The third-order valence-electron chi connectivity index (χ3n) is 1.83. The topological polar surface area (TPSA) is 38.3 Å². The predicted molar refractivity (Wildman–Crippen MR) is 64.1 cm³/mol. The predicted octanol–water partition coefficient (Wildman–Crippen LogP) is 3.29. The van der Waals surface area contributed by atoms with Crippen LogP contribution in [0.3, 0.4) is 0 Å². The molecule has 0 spiro atoms. The highest BCUT2D eigenvalue weighted by atomic mass is 19.1. The molecule has 0 heterocycles. The Hall–Kier alpha value is -2.09. The molecule has 0 aliphatic rings. The van der Waals surface area contributed by atoms with Gasteiger partial charge in [0.15, 0.2) is 0 Å². The first-order valence-electron chi connectivity index (χ1n) is 5.18. The van der Waals surface area contributed by atoms with Crippen LogP contribution < -0.4 is 5.32 Å². The van der Waals surface area contributed by atoms with Crippen LogP contribution in [-0.4, -0.2) is 11.7 Å². The van der Waals surface area contributed by atoms with Gasteiger partial charge in [-0.15, -0.1) is 6.42 Å². The lowest BCUT2D eigenvalue weighted by atomic mass is 10.2. The second-order valence-corrected chi connectivity index (χ2v) is 4.59. The Morgan fingerprint density at radius 1 is 1.33 bits per heavy atom. The lowest BCUT2D eigenvalue weighted by Crippen LogP contribution is -2.27. The lowest BCUT2D eigenvalue weighted by Gasteiger charge is -2.19. The van der Waals surface area contributed by atoms with E-state index in [9.17, 15) is 13.6 Å². The van der Waals surface area contributed by atoms with E-state index in [0.717, 1.165) is 12.1 Å². The molecule has 0 aliphatic carbocycles. The molecule has 0 aliphatic heterocycles. The number of anilines is 1. The zero-order valence-corrected chi connectivity index (χ0v) is 10.3. The van der Waals surface area contributed by atoms with Crippen LogP contribution in [0.15, 0.2) is 12.1 Å². The Bertz CT molecular complexity index is 490. The van der Waals surface area contributed by atoms with E-state index in [4.69, 9.17) is 11.2 Å². The number of carbonyl (C=O) groups excluding carboxylic acids is 1. The molecule has 0 saturated carbocycles. The fourth-order valence-electron chi connectivity index (χ4n) is 1.20. The summed E-state index contributed by atoms with van der Waals surface area (Å²) in [5.74, 6) is 0.0616. The lowest BCUT2D eigenvalue weighted by molar-refractivity contribution is 0.0636. The van der Waals surface area contributed by atoms with E-state index < -0.39 is 28.9 Å². The number of carbonyl (C=O) groups is 1. The fraction of sp³-hybridized carbons (Fsp3) is 0.308. The first kappa shape index (κ1) is 14.0. The van der Waals surface area contributed by atoms with E-state index in [0.29, 0.717) is 0 Å². The van der Waals surface area contributed by atoms with Gasteiger partial charge in [-0.1, -0.05) is 5.92 Å². The van der Waals surface area contributed by atoms with E-state index in [1.165, 1.54) is 0 Å². The summed E-state index contributed by atoms with van der Waals surface area (Å²) >= 11 is 0. The first-order valence-corrected chi connectivity index (χ1v) is 5.18. The summed E-state index contributed by atoms with van der Waals surface area (Å²) < 4.78 is 31.6. The maximum absolute atomic E-state index is 13.3. The number of hydrogen-bond donors (Lipinski definition) is 1. The number of benzene rings is 1. The van der Waals surface area contributed by atoms with Gasteiger partial charge >= 0.3 is 6.09 Å². The Morgan fingerprint density at radius 2 is 1.83 bits per heavy atom. The van der Waals surface area contributed by atoms with E-state index in [1.54, 1.807) is 20.8 Å². The van der Waals surface area contributed by atoms with E-state index in [2.05, 4.69) is 5.32 Å². The number of ether oxygens (including phenoxy) is 1. The number of rotatable bonds is 1. The molecule has 0 fully saturated rings. The number of nitrogens with one attached hydrogen (secondary N) is 1. The highest BCUT2D eigenvalue weighted by Crippen LogP contribution is 2.19. The van der Waals surface area contributed by atoms with Crippen molar-refractivity contribution in [3.63, 3.8) is 0 Å². The van der Waals surface area contributed by atoms with Gasteiger partial charge < -0.3 is 4.74 Å². The maximum Gasteiger partial charge on any atom is 0.412 e. The number of halogens is 2. The number of terminal acetylenes is 1. The molecule has 5 heteroatoms. The Kier molecular flexibility index (Phi) is 3.92. The van der Waals surface area contributed by atoms with Crippen molar-refractivity contribution in [2.24, 2.45) is 0 Å². The molecule has 0 unspecified atom stereocenters. The minimum atomic E-state index is -0.913. The van der Waals surface area contributed by atoms with E-state index in [1.807, 2.05) is 5.92 Å². The van der Waals surface area contributed by atoms with Crippen LogP contribution in [-0.2, 0) is 4.74 Å². The molecule has 1 amide bonds. The van der Waals surface area contributed by atoms with Crippen molar-refractivity contribution in [1.82, 2.24) is 0 Å². The third kappa shape index (κ3) is 3.74. The average molecular weight is 253 g/mol. The van der Waals surface area contributed by atoms with Crippen LogP contribution >= 0.6 is 0 Å². The quantitative estimate of drug-likeness (QED) is 0.780. The van der Waals surface area contributed by atoms with E-state index >= 15 is 0 Å². The summed E-state index contributed by atoms with van der Waals surface area (Å²) in [6.07, 6.45) is 4.15. The van der Waals surface area contributed by atoms with Gasteiger partial charge in [0.1, 0.15) is 17.2 Å². The van der Waals surface area contributed by atoms with Gasteiger partial charge in [-0.3, -0.25) is 5.32 Å². The summed E-state index contributed by atoms with van der Waals surface area (Å²) in [6.45, 7) is 5.03. The maximum atomic E-state index is 13.3. The van der Waals surface area contributed by atoms with Crippen molar-refractivity contribution < 1.29 is 18.3 Å². The van der Waals surface area contributed by atoms with Crippen LogP contribution in [0.25, 0.3) is 0 Å².